The van der Waals surface area contributed by atoms with Gasteiger partial charge in [0.1, 0.15) is 0 Å². The van der Waals surface area contributed by atoms with Gasteiger partial charge >= 0.3 is 0 Å². The Morgan fingerprint density at radius 2 is 1.50 bits per heavy atom. The first-order valence-corrected chi connectivity index (χ1v) is 8.26. The molecular formula is C18H18Cl2N2O2. The van der Waals surface area contributed by atoms with Gasteiger partial charge in [-0.1, -0.05) is 35.3 Å². The van der Waals surface area contributed by atoms with E-state index in [4.69, 9.17) is 23.2 Å². The number of hydrogen-bond donors (Lipinski definition) is 1. The largest absolute Gasteiger partial charge is 0.352 e. The minimum Gasteiger partial charge on any atom is -0.352 e. The van der Waals surface area contributed by atoms with Crippen LogP contribution in [0.4, 0.5) is 5.69 Å². The summed E-state index contributed by atoms with van der Waals surface area (Å²) in [5, 5.41) is 4.09. The van der Waals surface area contributed by atoms with Crippen molar-refractivity contribution in [1.82, 2.24) is 5.32 Å². The molecule has 126 valence electrons. The van der Waals surface area contributed by atoms with E-state index in [0.717, 1.165) is 11.3 Å². The van der Waals surface area contributed by atoms with Crippen molar-refractivity contribution in [3.8, 4) is 0 Å². The fourth-order valence-electron chi connectivity index (χ4n) is 2.19. The second-order valence-corrected chi connectivity index (χ2v) is 6.17. The van der Waals surface area contributed by atoms with E-state index in [2.05, 4.69) is 5.32 Å². The second-order valence-electron chi connectivity index (χ2n) is 5.30. The maximum absolute atomic E-state index is 12.0. The molecule has 1 N–H and O–H groups in total. The second kappa shape index (κ2) is 8.71. The Balaban J connectivity index is 1.87. The van der Waals surface area contributed by atoms with Crippen LogP contribution in [0.5, 0.6) is 0 Å². The van der Waals surface area contributed by atoms with E-state index in [1.54, 1.807) is 41.3 Å². The molecule has 0 aliphatic carbocycles. The quantitative estimate of drug-likeness (QED) is 0.840. The van der Waals surface area contributed by atoms with Crippen LogP contribution < -0.4 is 10.2 Å². The molecule has 0 radical (unpaired) electrons. The third-order valence-corrected chi connectivity index (χ3v) is 3.99. The SMILES string of the molecule is CC(=O)N(CCC(=O)NCc1ccc(Cl)cc1)c1ccc(Cl)cc1. The van der Waals surface area contributed by atoms with Crippen LogP contribution in [0.2, 0.25) is 10.0 Å². The molecule has 2 rings (SSSR count). The molecule has 24 heavy (non-hydrogen) atoms. The Morgan fingerprint density at radius 1 is 0.958 bits per heavy atom. The number of amides is 2. The van der Waals surface area contributed by atoms with Crippen molar-refractivity contribution in [3.05, 3.63) is 64.1 Å². The highest BCUT2D eigenvalue weighted by Crippen LogP contribution is 2.18. The average molecular weight is 365 g/mol. The molecule has 0 unspecified atom stereocenters. The molecule has 0 aliphatic heterocycles. The monoisotopic (exact) mass is 364 g/mol. The highest BCUT2D eigenvalue weighted by atomic mass is 35.5. The predicted octanol–water partition coefficient (Wildman–Crippen LogP) is 4.05. The molecule has 4 nitrogen and oxygen atoms in total. The molecular weight excluding hydrogens is 347 g/mol. The average Bonchev–Trinajstić information content (AvgIpc) is 2.56. The summed E-state index contributed by atoms with van der Waals surface area (Å²) in [5.41, 5.74) is 1.69. The summed E-state index contributed by atoms with van der Waals surface area (Å²) in [4.78, 5) is 25.4. The first kappa shape index (κ1) is 18.3. The van der Waals surface area contributed by atoms with E-state index < -0.39 is 0 Å². The first-order chi connectivity index (χ1) is 11.5. The van der Waals surface area contributed by atoms with Gasteiger partial charge in [0, 0.05) is 42.2 Å². The number of carbonyl (C=O) groups is 2. The van der Waals surface area contributed by atoms with Gasteiger partial charge in [-0.25, -0.2) is 0 Å². The highest BCUT2D eigenvalue weighted by molar-refractivity contribution is 6.30. The maximum Gasteiger partial charge on any atom is 0.223 e. The summed E-state index contributed by atoms with van der Waals surface area (Å²) in [6, 6.07) is 14.2. The summed E-state index contributed by atoms with van der Waals surface area (Å²) in [5.74, 6) is -0.243. The van der Waals surface area contributed by atoms with Crippen molar-refractivity contribution < 1.29 is 9.59 Å². The van der Waals surface area contributed by atoms with E-state index in [9.17, 15) is 9.59 Å². The van der Waals surface area contributed by atoms with Gasteiger partial charge < -0.3 is 10.2 Å². The Bertz CT molecular complexity index is 700. The Hall–Kier alpha value is -2.04. The molecule has 0 atom stereocenters. The fraction of sp³-hybridized carbons (Fsp3) is 0.222. The van der Waals surface area contributed by atoms with E-state index in [1.165, 1.54) is 6.92 Å². The number of nitrogens with zero attached hydrogens (tertiary/aromatic N) is 1. The van der Waals surface area contributed by atoms with Crippen LogP contribution in [0.3, 0.4) is 0 Å². The van der Waals surface area contributed by atoms with Crippen molar-refractivity contribution in [2.45, 2.75) is 19.9 Å². The van der Waals surface area contributed by atoms with Gasteiger partial charge in [0.05, 0.1) is 0 Å². The van der Waals surface area contributed by atoms with Gasteiger partial charge in [-0.05, 0) is 42.0 Å². The van der Waals surface area contributed by atoms with Gasteiger partial charge in [0.25, 0.3) is 0 Å². The number of anilines is 1. The Labute approximate surface area is 151 Å². The van der Waals surface area contributed by atoms with E-state index in [-0.39, 0.29) is 18.2 Å². The minimum absolute atomic E-state index is 0.120. The van der Waals surface area contributed by atoms with Gasteiger partial charge in [-0.2, -0.15) is 0 Å². The lowest BCUT2D eigenvalue weighted by atomic mass is 10.2. The molecule has 2 aromatic carbocycles. The normalized spacial score (nSPS) is 10.3. The van der Waals surface area contributed by atoms with Crippen LogP contribution in [-0.2, 0) is 16.1 Å². The van der Waals surface area contributed by atoms with Crippen LogP contribution in [0.1, 0.15) is 18.9 Å². The van der Waals surface area contributed by atoms with Crippen LogP contribution in [-0.4, -0.2) is 18.4 Å². The van der Waals surface area contributed by atoms with Gasteiger partial charge in [-0.15, -0.1) is 0 Å². The standard InChI is InChI=1S/C18H18Cl2N2O2/c1-13(23)22(17-8-6-16(20)7-9-17)11-10-18(24)21-12-14-2-4-15(19)5-3-14/h2-9H,10-12H2,1H3,(H,21,24). The topological polar surface area (TPSA) is 49.4 Å². The van der Waals surface area contributed by atoms with E-state index in [1.807, 2.05) is 12.1 Å². The Morgan fingerprint density at radius 3 is 2.04 bits per heavy atom. The number of halogens is 2. The zero-order valence-corrected chi connectivity index (χ0v) is 14.8. The van der Waals surface area contributed by atoms with E-state index in [0.29, 0.717) is 23.1 Å². The van der Waals surface area contributed by atoms with E-state index >= 15 is 0 Å². The summed E-state index contributed by atoms with van der Waals surface area (Å²) >= 11 is 11.7. The lowest BCUT2D eigenvalue weighted by molar-refractivity contribution is -0.121. The predicted molar refractivity (Wildman–Crippen MR) is 97.4 cm³/mol. The number of carbonyl (C=O) groups excluding carboxylic acids is 2. The summed E-state index contributed by atoms with van der Waals surface area (Å²) in [7, 11) is 0. The first-order valence-electron chi connectivity index (χ1n) is 7.50. The summed E-state index contributed by atoms with van der Waals surface area (Å²) in [6.07, 6.45) is 0.218. The third kappa shape index (κ3) is 5.55. The molecule has 0 fully saturated rings. The van der Waals surface area contributed by atoms with Crippen LogP contribution in [0.15, 0.2) is 48.5 Å². The molecule has 0 saturated heterocycles. The lowest BCUT2D eigenvalue weighted by Gasteiger charge is -2.21. The van der Waals surface area contributed by atoms with Crippen LogP contribution in [0.25, 0.3) is 0 Å². The fourth-order valence-corrected chi connectivity index (χ4v) is 2.45. The van der Waals surface area contributed by atoms with Crippen molar-refractivity contribution in [3.63, 3.8) is 0 Å². The molecule has 0 saturated carbocycles. The number of hydrogen-bond acceptors (Lipinski definition) is 2. The van der Waals surface area contributed by atoms with Crippen molar-refractivity contribution in [2.24, 2.45) is 0 Å². The molecule has 2 amide bonds. The van der Waals surface area contributed by atoms with Crippen molar-refractivity contribution >= 4 is 40.7 Å². The summed E-state index contributed by atoms with van der Waals surface area (Å²) < 4.78 is 0. The van der Waals surface area contributed by atoms with Crippen molar-refractivity contribution in [1.29, 1.82) is 0 Å². The maximum atomic E-state index is 12.0. The lowest BCUT2D eigenvalue weighted by Crippen LogP contribution is -2.33. The molecule has 0 bridgehead atoms. The molecule has 0 heterocycles. The van der Waals surface area contributed by atoms with Crippen LogP contribution >= 0.6 is 23.2 Å². The Kier molecular flexibility index (Phi) is 6.64. The van der Waals surface area contributed by atoms with Gasteiger partial charge in [0.15, 0.2) is 0 Å². The number of nitrogens with one attached hydrogen (secondary N) is 1. The van der Waals surface area contributed by atoms with Crippen LogP contribution in [0, 0.1) is 0 Å². The number of benzene rings is 2. The molecule has 2 aromatic rings. The van der Waals surface area contributed by atoms with Gasteiger partial charge in [0.2, 0.25) is 11.8 Å². The van der Waals surface area contributed by atoms with Crippen molar-refractivity contribution in [2.75, 3.05) is 11.4 Å². The zero-order valence-electron chi connectivity index (χ0n) is 13.3. The highest BCUT2D eigenvalue weighted by Gasteiger charge is 2.13. The molecule has 6 heteroatoms. The molecule has 0 aromatic heterocycles. The third-order valence-electron chi connectivity index (χ3n) is 3.48. The minimum atomic E-state index is -0.122. The molecule has 0 aliphatic rings. The molecule has 0 spiro atoms. The number of rotatable bonds is 6. The summed E-state index contributed by atoms with van der Waals surface area (Å²) in [6.45, 7) is 2.21. The zero-order chi connectivity index (χ0) is 17.5. The smallest absolute Gasteiger partial charge is 0.223 e. The van der Waals surface area contributed by atoms with Gasteiger partial charge in [-0.3, -0.25) is 9.59 Å².